The number of para-hydroxylation sites is 1. The molecule has 0 bridgehead atoms. The molecule has 2 aliphatic rings. The van der Waals surface area contributed by atoms with Crippen LogP contribution in [0.1, 0.15) is 44.3 Å². The molecule has 0 spiro atoms. The Morgan fingerprint density at radius 2 is 1.74 bits per heavy atom. The van der Waals surface area contributed by atoms with E-state index >= 15 is 0 Å². The fourth-order valence-corrected chi connectivity index (χ4v) is 4.31. The number of aromatic nitrogens is 2. The Labute approximate surface area is 159 Å². The van der Waals surface area contributed by atoms with Crippen LogP contribution in [0.25, 0.3) is 10.9 Å². The third-order valence-corrected chi connectivity index (χ3v) is 5.89. The number of rotatable bonds is 3. The monoisotopic (exact) mass is 368 g/mol. The predicted octanol–water partition coefficient (Wildman–Crippen LogP) is 2.54. The van der Waals surface area contributed by atoms with Crippen molar-refractivity contribution in [2.45, 2.75) is 45.1 Å². The van der Waals surface area contributed by atoms with Gasteiger partial charge in [-0.3, -0.25) is 14.5 Å². The lowest BCUT2D eigenvalue weighted by atomic mass is 9.95. The zero-order valence-corrected chi connectivity index (χ0v) is 15.8. The van der Waals surface area contributed by atoms with Crippen LogP contribution in [0.2, 0.25) is 0 Å². The molecule has 1 N–H and O–H groups in total. The first-order valence-electron chi connectivity index (χ1n) is 10.2. The molecule has 0 saturated carbocycles. The summed E-state index contributed by atoms with van der Waals surface area (Å²) in [5.74, 6) is 1.22. The lowest BCUT2D eigenvalue weighted by Gasteiger charge is -2.33. The van der Waals surface area contributed by atoms with Crippen molar-refractivity contribution in [3.8, 4) is 0 Å². The summed E-state index contributed by atoms with van der Waals surface area (Å²) in [5, 5.41) is 0.628. The number of fused-ring (bicyclic) bond motifs is 1. The Hall–Kier alpha value is -2.21. The summed E-state index contributed by atoms with van der Waals surface area (Å²) >= 11 is 0. The number of hydrogen-bond acceptors (Lipinski definition) is 4. The number of hydrogen-bond donors (Lipinski definition) is 1. The molecule has 1 amide bonds. The van der Waals surface area contributed by atoms with Crippen LogP contribution < -0.4 is 5.56 Å². The molecule has 27 heavy (non-hydrogen) atoms. The van der Waals surface area contributed by atoms with Crippen LogP contribution >= 0.6 is 0 Å². The van der Waals surface area contributed by atoms with Gasteiger partial charge in [-0.15, -0.1) is 0 Å². The Balaban J connectivity index is 1.35. The maximum atomic E-state index is 12.8. The largest absolute Gasteiger partial charge is 0.342 e. The number of piperidine rings is 1. The first kappa shape index (κ1) is 18.2. The summed E-state index contributed by atoms with van der Waals surface area (Å²) in [4.78, 5) is 36.9. The molecule has 3 heterocycles. The van der Waals surface area contributed by atoms with Gasteiger partial charge in [-0.05, 0) is 50.9 Å². The number of nitrogens with zero attached hydrogens (tertiary/aromatic N) is 3. The second kappa shape index (κ2) is 8.21. The molecule has 6 nitrogen and oxygen atoms in total. The third kappa shape index (κ3) is 4.21. The summed E-state index contributed by atoms with van der Waals surface area (Å²) in [5.41, 5.74) is 0.657. The van der Waals surface area contributed by atoms with Crippen LogP contribution in [0.5, 0.6) is 0 Å². The van der Waals surface area contributed by atoms with Crippen LogP contribution in [0.3, 0.4) is 0 Å². The van der Waals surface area contributed by atoms with Gasteiger partial charge in [-0.25, -0.2) is 4.98 Å². The molecule has 0 aliphatic carbocycles. The molecule has 0 unspecified atom stereocenters. The summed E-state index contributed by atoms with van der Waals surface area (Å²) in [6.07, 6.45) is 6.58. The number of H-pyrrole nitrogens is 1. The summed E-state index contributed by atoms with van der Waals surface area (Å²) in [6, 6.07) is 7.43. The van der Waals surface area contributed by atoms with Gasteiger partial charge in [-0.2, -0.15) is 0 Å². The molecule has 2 aliphatic heterocycles. The Bertz CT molecular complexity index is 847. The van der Waals surface area contributed by atoms with Gasteiger partial charge in [0.2, 0.25) is 5.91 Å². The summed E-state index contributed by atoms with van der Waals surface area (Å²) in [7, 11) is 0. The summed E-state index contributed by atoms with van der Waals surface area (Å²) in [6.45, 7) is 4.24. The van der Waals surface area contributed by atoms with E-state index in [1.54, 1.807) is 6.07 Å². The number of benzene rings is 1. The van der Waals surface area contributed by atoms with E-state index in [2.05, 4.69) is 19.8 Å². The molecule has 4 rings (SSSR count). The highest BCUT2D eigenvalue weighted by Crippen LogP contribution is 2.22. The van der Waals surface area contributed by atoms with Crippen LogP contribution in [0, 0.1) is 5.92 Å². The van der Waals surface area contributed by atoms with E-state index in [9.17, 15) is 9.59 Å². The number of carbonyl (C=O) groups is 1. The van der Waals surface area contributed by atoms with Crippen molar-refractivity contribution in [2.75, 3.05) is 26.2 Å². The Morgan fingerprint density at radius 1 is 1.04 bits per heavy atom. The van der Waals surface area contributed by atoms with Gasteiger partial charge >= 0.3 is 0 Å². The highest BCUT2D eigenvalue weighted by molar-refractivity contribution is 5.79. The minimum Gasteiger partial charge on any atom is -0.342 e. The van der Waals surface area contributed by atoms with E-state index in [0.717, 1.165) is 57.4 Å². The van der Waals surface area contributed by atoms with Crippen molar-refractivity contribution >= 4 is 16.8 Å². The van der Waals surface area contributed by atoms with Gasteiger partial charge in [0.25, 0.3) is 5.56 Å². The van der Waals surface area contributed by atoms with Gasteiger partial charge < -0.3 is 9.88 Å². The van der Waals surface area contributed by atoms with Crippen molar-refractivity contribution in [1.29, 1.82) is 0 Å². The van der Waals surface area contributed by atoms with Gasteiger partial charge in [-0.1, -0.05) is 25.0 Å². The number of carbonyl (C=O) groups excluding carboxylic acids is 1. The molecular weight excluding hydrogens is 340 g/mol. The molecule has 0 atom stereocenters. The number of nitrogens with one attached hydrogen (secondary N) is 1. The quantitative estimate of drug-likeness (QED) is 0.904. The minimum atomic E-state index is -0.0816. The van der Waals surface area contributed by atoms with Crippen molar-refractivity contribution in [1.82, 2.24) is 19.8 Å². The van der Waals surface area contributed by atoms with E-state index in [0.29, 0.717) is 23.7 Å². The third-order valence-electron chi connectivity index (χ3n) is 5.89. The average molecular weight is 368 g/mol. The second-order valence-electron chi connectivity index (χ2n) is 7.82. The number of likely N-dealkylation sites (tertiary alicyclic amines) is 2. The van der Waals surface area contributed by atoms with Crippen molar-refractivity contribution in [3.63, 3.8) is 0 Å². The van der Waals surface area contributed by atoms with Crippen LogP contribution in [0.4, 0.5) is 0 Å². The molecular formula is C21H28N4O2. The van der Waals surface area contributed by atoms with Gasteiger partial charge in [0.1, 0.15) is 5.82 Å². The van der Waals surface area contributed by atoms with E-state index in [4.69, 9.17) is 0 Å². The maximum Gasteiger partial charge on any atom is 0.258 e. The molecule has 1 aromatic heterocycles. The van der Waals surface area contributed by atoms with E-state index < -0.39 is 0 Å². The highest BCUT2D eigenvalue weighted by atomic mass is 16.2. The molecule has 2 aromatic rings. The molecule has 6 heteroatoms. The van der Waals surface area contributed by atoms with E-state index in [1.165, 1.54) is 12.8 Å². The first-order valence-corrected chi connectivity index (χ1v) is 10.2. The van der Waals surface area contributed by atoms with Gasteiger partial charge in [0.15, 0.2) is 0 Å². The van der Waals surface area contributed by atoms with Gasteiger partial charge in [0, 0.05) is 19.0 Å². The normalized spacial score (nSPS) is 19.9. The van der Waals surface area contributed by atoms with Crippen LogP contribution in [-0.4, -0.2) is 51.9 Å². The number of aromatic amines is 1. The average Bonchev–Trinajstić information content (AvgIpc) is 2.98. The molecule has 144 valence electrons. The Morgan fingerprint density at radius 3 is 2.48 bits per heavy atom. The SMILES string of the molecule is O=C(C1CCN(Cc2nc3ccccc3c(=O)[nH]2)CC1)N1CCCCCC1. The van der Waals surface area contributed by atoms with Crippen LogP contribution in [0.15, 0.2) is 29.1 Å². The van der Waals surface area contributed by atoms with Crippen molar-refractivity contribution < 1.29 is 4.79 Å². The maximum absolute atomic E-state index is 12.8. The highest BCUT2D eigenvalue weighted by Gasteiger charge is 2.29. The second-order valence-corrected chi connectivity index (χ2v) is 7.82. The smallest absolute Gasteiger partial charge is 0.258 e. The zero-order chi connectivity index (χ0) is 18.6. The predicted molar refractivity (Wildman–Crippen MR) is 105 cm³/mol. The van der Waals surface area contributed by atoms with Crippen LogP contribution in [-0.2, 0) is 11.3 Å². The first-order chi connectivity index (χ1) is 13.2. The zero-order valence-electron chi connectivity index (χ0n) is 15.8. The molecule has 0 radical (unpaired) electrons. The fraction of sp³-hybridized carbons (Fsp3) is 0.571. The topological polar surface area (TPSA) is 69.3 Å². The molecule has 2 saturated heterocycles. The van der Waals surface area contributed by atoms with E-state index in [1.807, 2.05) is 18.2 Å². The lowest BCUT2D eigenvalue weighted by molar-refractivity contribution is -0.137. The Kier molecular flexibility index (Phi) is 5.53. The fourth-order valence-electron chi connectivity index (χ4n) is 4.31. The van der Waals surface area contributed by atoms with Crippen molar-refractivity contribution in [3.05, 3.63) is 40.4 Å². The molecule has 1 aromatic carbocycles. The summed E-state index contributed by atoms with van der Waals surface area (Å²) < 4.78 is 0. The lowest BCUT2D eigenvalue weighted by Crippen LogP contribution is -2.43. The van der Waals surface area contributed by atoms with Gasteiger partial charge in [0.05, 0.1) is 17.4 Å². The standard InChI is InChI=1S/C21H28N4O2/c26-20-17-7-3-4-8-18(17)22-19(23-20)15-24-13-9-16(10-14-24)21(27)25-11-5-1-2-6-12-25/h3-4,7-8,16H,1-2,5-6,9-15H2,(H,22,23,26). The van der Waals surface area contributed by atoms with E-state index in [-0.39, 0.29) is 11.5 Å². The van der Waals surface area contributed by atoms with Crippen molar-refractivity contribution in [2.24, 2.45) is 5.92 Å². The molecule has 2 fully saturated rings. The number of amides is 1. The minimum absolute atomic E-state index is 0.0816.